The van der Waals surface area contributed by atoms with Crippen molar-refractivity contribution < 1.29 is 24.2 Å². The predicted molar refractivity (Wildman–Crippen MR) is 91.7 cm³/mol. The van der Waals surface area contributed by atoms with E-state index in [1.54, 1.807) is 14.2 Å². The van der Waals surface area contributed by atoms with Gasteiger partial charge in [0.25, 0.3) is 0 Å². The molecule has 136 valence electrons. The fourth-order valence-electron chi connectivity index (χ4n) is 4.11. The number of methoxy groups -OCH3 is 2. The van der Waals surface area contributed by atoms with Crippen molar-refractivity contribution in [3.63, 3.8) is 0 Å². The zero-order valence-corrected chi connectivity index (χ0v) is 14.7. The second kappa shape index (κ2) is 7.33. The van der Waals surface area contributed by atoms with Gasteiger partial charge in [-0.3, -0.25) is 9.59 Å². The molecule has 1 saturated carbocycles. The smallest absolute Gasteiger partial charge is 0.306 e. The molecule has 25 heavy (non-hydrogen) atoms. The lowest BCUT2D eigenvalue weighted by molar-refractivity contribution is -0.141. The van der Waals surface area contributed by atoms with E-state index in [9.17, 15) is 14.7 Å². The Morgan fingerprint density at radius 1 is 1.12 bits per heavy atom. The molecule has 2 fully saturated rings. The van der Waals surface area contributed by atoms with E-state index in [1.165, 1.54) is 0 Å². The Morgan fingerprint density at radius 3 is 2.52 bits per heavy atom. The number of carboxylic acid groups (broad SMARTS) is 1. The zero-order valence-electron chi connectivity index (χ0n) is 14.7. The molecule has 1 saturated heterocycles. The van der Waals surface area contributed by atoms with Gasteiger partial charge in [0.1, 0.15) is 11.5 Å². The number of amides is 1. The van der Waals surface area contributed by atoms with Crippen LogP contribution in [-0.4, -0.2) is 42.6 Å². The summed E-state index contributed by atoms with van der Waals surface area (Å²) in [5.74, 6) is 0.182. The van der Waals surface area contributed by atoms with Gasteiger partial charge in [0.2, 0.25) is 5.91 Å². The largest absolute Gasteiger partial charge is 0.497 e. The standard InChI is InChI=1S/C19H25NO5/c1-24-14-7-8-15(17(11-14)25-2)16-4-3-9-20(16)18(21)12-5-6-13(10-12)19(22)23/h7-8,11-13,16H,3-6,9-10H2,1-2H3,(H,22,23)/t12-,13+,16+/m1/s1. The topological polar surface area (TPSA) is 76.1 Å². The molecular weight excluding hydrogens is 322 g/mol. The summed E-state index contributed by atoms with van der Waals surface area (Å²) in [5.41, 5.74) is 0.988. The number of nitrogens with zero attached hydrogens (tertiary/aromatic N) is 1. The highest BCUT2D eigenvalue weighted by Crippen LogP contribution is 2.41. The minimum atomic E-state index is -0.787. The maximum atomic E-state index is 13.0. The molecule has 3 rings (SSSR count). The van der Waals surface area contributed by atoms with Crippen LogP contribution in [-0.2, 0) is 9.59 Å². The van der Waals surface area contributed by atoms with Crippen molar-refractivity contribution in [1.82, 2.24) is 4.90 Å². The van der Waals surface area contributed by atoms with Gasteiger partial charge in [-0.25, -0.2) is 0 Å². The van der Waals surface area contributed by atoms with E-state index < -0.39 is 5.97 Å². The van der Waals surface area contributed by atoms with Crippen molar-refractivity contribution in [2.45, 2.75) is 38.1 Å². The first-order valence-corrected chi connectivity index (χ1v) is 8.80. The number of ether oxygens (including phenoxy) is 2. The van der Waals surface area contributed by atoms with Crippen molar-refractivity contribution in [3.8, 4) is 11.5 Å². The number of aliphatic carboxylic acids is 1. The minimum absolute atomic E-state index is 0.0164. The minimum Gasteiger partial charge on any atom is -0.497 e. The fourth-order valence-corrected chi connectivity index (χ4v) is 4.11. The lowest BCUT2D eigenvalue weighted by Gasteiger charge is -2.29. The van der Waals surface area contributed by atoms with Crippen molar-refractivity contribution in [1.29, 1.82) is 0 Å². The average molecular weight is 347 g/mol. The van der Waals surface area contributed by atoms with Crippen molar-refractivity contribution in [2.24, 2.45) is 11.8 Å². The van der Waals surface area contributed by atoms with Crippen molar-refractivity contribution in [3.05, 3.63) is 23.8 Å². The molecule has 1 aliphatic heterocycles. The predicted octanol–water partition coefficient (Wildman–Crippen LogP) is 2.87. The molecule has 1 aromatic rings. The summed E-state index contributed by atoms with van der Waals surface area (Å²) < 4.78 is 10.8. The SMILES string of the molecule is COc1ccc([C@@H]2CCCN2C(=O)[C@@H]2CC[C@H](C(=O)O)C2)c(OC)c1. The number of hydrogen-bond acceptors (Lipinski definition) is 4. The maximum Gasteiger partial charge on any atom is 0.306 e. The molecule has 1 heterocycles. The fraction of sp³-hybridized carbons (Fsp3) is 0.579. The van der Waals surface area contributed by atoms with E-state index in [1.807, 2.05) is 23.1 Å². The molecule has 0 bridgehead atoms. The molecule has 6 nitrogen and oxygen atoms in total. The summed E-state index contributed by atoms with van der Waals surface area (Å²) in [5, 5.41) is 9.17. The Hall–Kier alpha value is -2.24. The summed E-state index contributed by atoms with van der Waals surface area (Å²) in [6.07, 6.45) is 3.55. The van der Waals surface area contributed by atoms with Crippen LogP contribution in [0, 0.1) is 11.8 Å². The number of carbonyl (C=O) groups is 2. The summed E-state index contributed by atoms with van der Waals surface area (Å²) >= 11 is 0. The molecule has 2 aliphatic rings. The first-order chi connectivity index (χ1) is 12.0. The summed E-state index contributed by atoms with van der Waals surface area (Å²) in [4.78, 5) is 26.1. The third-order valence-electron chi connectivity index (χ3n) is 5.47. The Balaban J connectivity index is 1.79. The normalized spacial score (nSPS) is 25.8. The van der Waals surface area contributed by atoms with E-state index >= 15 is 0 Å². The van der Waals surface area contributed by atoms with Crippen LogP contribution in [0.5, 0.6) is 11.5 Å². The first kappa shape index (κ1) is 17.6. The second-order valence-corrected chi connectivity index (χ2v) is 6.84. The first-order valence-electron chi connectivity index (χ1n) is 8.80. The number of hydrogen-bond donors (Lipinski definition) is 1. The molecular formula is C19H25NO5. The van der Waals surface area contributed by atoms with Crippen LogP contribution < -0.4 is 9.47 Å². The number of benzene rings is 1. The number of carboxylic acids is 1. The van der Waals surface area contributed by atoms with Crippen LogP contribution in [0.4, 0.5) is 0 Å². The summed E-state index contributed by atoms with van der Waals surface area (Å²) in [7, 11) is 3.23. The van der Waals surface area contributed by atoms with Gasteiger partial charge >= 0.3 is 5.97 Å². The highest BCUT2D eigenvalue weighted by Gasteiger charge is 2.40. The molecule has 6 heteroatoms. The molecule has 1 amide bonds. The van der Waals surface area contributed by atoms with Gasteiger partial charge in [-0.15, -0.1) is 0 Å². The van der Waals surface area contributed by atoms with Gasteiger partial charge in [-0.2, -0.15) is 0 Å². The van der Waals surface area contributed by atoms with E-state index in [4.69, 9.17) is 9.47 Å². The zero-order chi connectivity index (χ0) is 18.0. The third kappa shape index (κ3) is 3.43. The Morgan fingerprint density at radius 2 is 1.88 bits per heavy atom. The number of rotatable bonds is 5. The molecule has 3 atom stereocenters. The Labute approximate surface area is 147 Å². The molecule has 1 aliphatic carbocycles. The Bertz CT molecular complexity index is 659. The molecule has 1 aromatic carbocycles. The van der Waals surface area contributed by atoms with Crippen LogP contribution in [0.15, 0.2) is 18.2 Å². The van der Waals surface area contributed by atoms with Crippen LogP contribution in [0.2, 0.25) is 0 Å². The monoisotopic (exact) mass is 347 g/mol. The van der Waals surface area contributed by atoms with E-state index in [-0.39, 0.29) is 23.8 Å². The molecule has 1 N–H and O–H groups in total. The van der Waals surface area contributed by atoms with E-state index in [0.29, 0.717) is 25.8 Å². The summed E-state index contributed by atoms with van der Waals surface area (Å²) in [6, 6.07) is 5.67. The van der Waals surface area contributed by atoms with Crippen LogP contribution in [0.3, 0.4) is 0 Å². The maximum absolute atomic E-state index is 13.0. The lowest BCUT2D eigenvalue weighted by atomic mass is 10.00. The van der Waals surface area contributed by atoms with Crippen molar-refractivity contribution >= 4 is 11.9 Å². The van der Waals surface area contributed by atoms with Gasteiger partial charge in [0, 0.05) is 24.1 Å². The summed E-state index contributed by atoms with van der Waals surface area (Å²) in [6.45, 7) is 0.715. The van der Waals surface area contributed by atoms with E-state index in [2.05, 4.69) is 0 Å². The van der Waals surface area contributed by atoms with Crippen LogP contribution in [0.1, 0.15) is 43.7 Å². The highest BCUT2D eigenvalue weighted by molar-refractivity contribution is 5.81. The number of carbonyl (C=O) groups excluding carboxylic acids is 1. The molecule has 0 aromatic heterocycles. The lowest BCUT2D eigenvalue weighted by Crippen LogP contribution is -2.35. The van der Waals surface area contributed by atoms with Gasteiger partial charge in [-0.05, 0) is 44.2 Å². The van der Waals surface area contributed by atoms with Gasteiger partial charge in [-0.1, -0.05) is 0 Å². The van der Waals surface area contributed by atoms with Gasteiger partial charge in [0.15, 0.2) is 0 Å². The Kier molecular flexibility index (Phi) is 5.16. The van der Waals surface area contributed by atoms with Crippen LogP contribution in [0.25, 0.3) is 0 Å². The second-order valence-electron chi connectivity index (χ2n) is 6.84. The average Bonchev–Trinajstić information content (AvgIpc) is 3.30. The quantitative estimate of drug-likeness (QED) is 0.886. The highest BCUT2D eigenvalue weighted by atomic mass is 16.5. The van der Waals surface area contributed by atoms with E-state index in [0.717, 1.165) is 29.9 Å². The molecule has 0 unspecified atom stereocenters. The molecule has 0 spiro atoms. The third-order valence-corrected chi connectivity index (χ3v) is 5.47. The van der Waals surface area contributed by atoms with Crippen molar-refractivity contribution in [2.75, 3.05) is 20.8 Å². The van der Waals surface area contributed by atoms with Gasteiger partial charge < -0.3 is 19.5 Å². The number of likely N-dealkylation sites (tertiary alicyclic amines) is 1. The van der Waals surface area contributed by atoms with Gasteiger partial charge in [0.05, 0.1) is 26.2 Å². The van der Waals surface area contributed by atoms with Crippen LogP contribution >= 0.6 is 0 Å². The molecule has 0 radical (unpaired) electrons.